The second kappa shape index (κ2) is 5.65. The Kier molecular flexibility index (Phi) is 4.19. The Hall–Kier alpha value is -0.860. The number of likely N-dealkylation sites (N-methyl/N-ethyl adjacent to an activating group) is 1. The van der Waals surface area contributed by atoms with Gasteiger partial charge in [-0.2, -0.15) is 0 Å². The molecule has 1 aromatic rings. The molecular weight excluding hydrogens is 210 g/mol. The monoisotopic (exact) mass is 233 g/mol. The van der Waals surface area contributed by atoms with Crippen LogP contribution in [0.1, 0.15) is 42.9 Å². The second-order valence-electron chi connectivity index (χ2n) is 5.31. The van der Waals surface area contributed by atoms with Crippen LogP contribution in [0.2, 0.25) is 0 Å². The molecule has 0 amide bonds. The minimum absolute atomic E-state index is 0.361. The van der Waals surface area contributed by atoms with Gasteiger partial charge >= 0.3 is 0 Å². The van der Waals surface area contributed by atoms with Crippen molar-refractivity contribution in [3.63, 3.8) is 0 Å². The standard InChI is InChI=1S/C15H23NO/c1-12-6-5-7-13(10-12)15(17)11-16(2)14-8-3-4-9-14/h5-7,10,14-15,17H,3-4,8-9,11H2,1-2H3. The van der Waals surface area contributed by atoms with E-state index < -0.39 is 0 Å². The van der Waals surface area contributed by atoms with Crippen LogP contribution in [0.3, 0.4) is 0 Å². The third-order valence-corrected chi connectivity index (χ3v) is 3.84. The Bertz CT molecular complexity index is 358. The SMILES string of the molecule is Cc1cccc(C(O)CN(C)C2CCCC2)c1. The fraction of sp³-hybridized carbons (Fsp3) is 0.600. The van der Waals surface area contributed by atoms with Crippen molar-refractivity contribution in [3.05, 3.63) is 35.4 Å². The molecule has 0 spiro atoms. The zero-order valence-corrected chi connectivity index (χ0v) is 10.9. The summed E-state index contributed by atoms with van der Waals surface area (Å²) in [5, 5.41) is 10.2. The molecule has 1 aromatic carbocycles. The van der Waals surface area contributed by atoms with E-state index in [2.05, 4.69) is 31.0 Å². The quantitative estimate of drug-likeness (QED) is 0.864. The van der Waals surface area contributed by atoms with Gasteiger partial charge in [-0.25, -0.2) is 0 Å². The Morgan fingerprint density at radius 3 is 2.71 bits per heavy atom. The van der Waals surface area contributed by atoms with E-state index in [0.29, 0.717) is 6.04 Å². The van der Waals surface area contributed by atoms with Crippen LogP contribution in [-0.2, 0) is 0 Å². The average molecular weight is 233 g/mol. The molecule has 17 heavy (non-hydrogen) atoms. The second-order valence-corrected chi connectivity index (χ2v) is 5.31. The van der Waals surface area contributed by atoms with E-state index in [1.54, 1.807) is 0 Å². The van der Waals surface area contributed by atoms with Gasteiger partial charge in [0, 0.05) is 12.6 Å². The first-order valence-electron chi connectivity index (χ1n) is 6.61. The molecule has 1 aliphatic carbocycles. The highest BCUT2D eigenvalue weighted by atomic mass is 16.3. The maximum atomic E-state index is 10.2. The van der Waals surface area contributed by atoms with Gasteiger partial charge in [0.05, 0.1) is 6.10 Å². The van der Waals surface area contributed by atoms with Gasteiger partial charge < -0.3 is 10.0 Å². The summed E-state index contributed by atoms with van der Waals surface area (Å²) in [7, 11) is 2.13. The summed E-state index contributed by atoms with van der Waals surface area (Å²) < 4.78 is 0. The lowest BCUT2D eigenvalue weighted by atomic mass is 10.1. The number of aryl methyl sites for hydroxylation is 1. The number of benzene rings is 1. The molecule has 0 radical (unpaired) electrons. The average Bonchev–Trinajstić information content (AvgIpc) is 2.82. The summed E-state index contributed by atoms with van der Waals surface area (Å²) >= 11 is 0. The van der Waals surface area contributed by atoms with E-state index in [-0.39, 0.29) is 6.10 Å². The first-order valence-corrected chi connectivity index (χ1v) is 6.61. The van der Waals surface area contributed by atoms with Crippen LogP contribution in [0.15, 0.2) is 24.3 Å². The number of aliphatic hydroxyl groups excluding tert-OH is 1. The molecule has 0 heterocycles. The van der Waals surface area contributed by atoms with E-state index >= 15 is 0 Å². The lowest BCUT2D eigenvalue weighted by Crippen LogP contribution is -2.33. The fourth-order valence-electron chi connectivity index (χ4n) is 2.75. The summed E-state index contributed by atoms with van der Waals surface area (Å²) in [6.45, 7) is 2.81. The van der Waals surface area contributed by atoms with Gasteiger partial charge in [0.2, 0.25) is 0 Å². The molecule has 0 aliphatic heterocycles. The van der Waals surface area contributed by atoms with Crippen molar-refractivity contribution in [2.45, 2.75) is 44.8 Å². The third-order valence-electron chi connectivity index (χ3n) is 3.84. The first-order chi connectivity index (χ1) is 8.16. The topological polar surface area (TPSA) is 23.5 Å². The third kappa shape index (κ3) is 3.30. The molecular formula is C15H23NO. The molecule has 1 fully saturated rings. The summed E-state index contributed by atoms with van der Waals surface area (Å²) in [5.74, 6) is 0. The first kappa shape index (κ1) is 12.6. The molecule has 0 aromatic heterocycles. The van der Waals surface area contributed by atoms with Crippen molar-refractivity contribution in [3.8, 4) is 0 Å². The van der Waals surface area contributed by atoms with Crippen LogP contribution in [0.5, 0.6) is 0 Å². The van der Waals surface area contributed by atoms with E-state index in [4.69, 9.17) is 0 Å². The van der Waals surface area contributed by atoms with Gasteiger partial charge in [0.1, 0.15) is 0 Å². The number of rotatable bonds is 4. The van der Waals surface area contributed by atoms with Crippen LogP contribution in [0.25, 0.3) is 0 Å². The molecule has 2 rings (SSSR count). The Balaban J connectivity index is 1.93. The van der Waals surface area contributed by atoms with Gasteiger partial charge in [-0.05, 0) is 32.4 Å². The van der Waals surface area contributed by atoms with Crippen LogP contribution in [-0.4, -0.2) is 29.6 Å². The molecule has 1 saturated carbocycles. The van der Waals surface area contributed by atoms with Crippen molar-refractivity contribution >= 4 is 0 Å². The van der Waals surface area contributed by atoms with Gasteiger partial charge in [-0.3, -0.25) is 0 Å². The van der Waals surface area contributed by atoms with Crippen LogP contribution < -0.4 is 0 Å². The number of hydrogen-bond donors (Lipinski definition) is 1. The zero-order chi connectivity index (χ0) is 12.3. The van der Waals surface area contributed by atoms with Crippen molar-refractivity contribution in [1.82, 2.24) is 4.90 Å². The minimum Gasteiger partial charge on any atom is -0.387 e. The Labute approximate surface area is 104 Å². The van der Waals surface area contributed by atoms with Gasteiger partial charge in [0.15, 0.2) is 0 Å². The predicted octanol–water partition coefficient (Wildman–Crippen LogP) is 2.90. The Morgan fingerprint density at radius 1 is 1.35 bits per heavy atom. The normalized spacial score (nSPS) is 18.8. The van der Waals surface area contributed by atoms with E-state index in [1.807, 2.05) is 12.1 Å². The molecule has 2 nitrogen and oxygen atoms in total. The van der Waals surface area contributed by atoms with Crippen LogP contribution >= 0.6 is 0 Å². The van der Waals surface area contributed by atoms with Crippen molar-refractivity contribution in [1.29, 1.82) is 0 Å². The van der Waals surface area contributed by atoms with Gasteiger partial charge in [0.25, 0.3) is 0 Å². The summed E-state index contributed by atoms with van der Waals surface area (Å²) in [6, 6.07) is 8.85. The van der Waals surface area contributed by atoms with Gasteiger partial charge in [-0.15, -0.1) is 0 Å². The lowest BCUT2D eigenvalue weighted by Gasteiger charge is -2.26. The summed E-state index contributed by atoms with van der Waals surface area (Å²) in [4.78, 5) is 2.32. The van der Waals surface area contributed by atoms with Gasteiger partial charge in [-0.1, -0.05) is 42.7 Å². The van der Waals surface area contributed by atoms with Crippen molar-refractivity contribution < 1.29 is 5.11 Å². The van der Waals surface area contributed by atoms with Crippen LogP contribution in [0.4, 0.5) is 0 Å². The number of nitrogens with zero attached hydrogens (tertiary/aromatic N) is 1. The molecule has 1 aliphatic rings. The lowest BCUT2D eigenvalue weighted by molar-refractivity contribution is 0.105. The highest BCUT2D eigenvalue weighted by Gasteiger charge is 2.21. The zero-order valence-electron chi connectivity index (χ0n) is 10.9. The molecule has 1 unspecified atom stereocenters. The van der Waals surface area contributed by atoms with E-state index in [1.165, 1.54) is 31.2 Å². The maximum absolute atomic E-state index is 10.2. The fourth-order valence-corrected chi connectivity index (χ4v) is 2.75. The smallest absolute Gasteiger partial charge is 0.0917 e. The highest BCUT2D eigenvalue weighted by molar-refractivity contribution is 5.24. The molecule has 0 saturated heterocycles. The summed E-state index contributed by atoms with van der Waals surface area (Å²) in [6.07, 6.45) is 4.90. The Morgan fingerprint density at radius 2 is 2.06 bits per heavy atom. The molecule has 1 N–H and O–H groups in total. The largest absolute Gasteiger partial charge is 0.387 e. The molecule has 0 bridgehead atoms. The molecule has 2 heteroatoms. The number of aliphatic hydroxyl groups is 1. The summed E-state index contributed by atoms with van der Waals surface area (Å²) in [5.41, 5.74) is 2.25. The maximum Gasteiger partial charge on any atom is 0.0917 e. The van der Waals surface area contributed by atoms with Crippen molar-refractivity contribution in [2.75, 3.05) is 13.6 Å². The molecule has 94 valence electrons. The van der Waals surface area contributed by atoms with E-state index in [0.717, 1.165) is 12.1 Å². The predicted molar refractivity (Wildman–Crippen MR) is 71.0 cm³/mol. The van der Waals surface area contributed by atoms with E-state index in [9.17, 15) is 5.11 Å². The highest BCUT2D eigenvalue weighted by Crippen LogP contribution is 2.24. The van der Waals surface area contributed by atoms with Crippen LogP contribution in [0, 0.1) is 6.92 Å². The minimum atomic E-state index is -0.361. The molecule has 1 atom stereocenters. The number of hydrogen-bond acceptors (Lipinski definition) is 2. The van der Waals surface area contributed by atoms with Crippen molar-refractivity contribution in [2.24, 2.45) is 0 Å².